The standard InChI is InChI=1S/C11H23NO4/c1-4-16-8-9(13)5-12-6-10(14-2)11(7-12)15-3/h9-11,13H,4-8H2,1-3H3. The largest absolute Gasteiger partial charge is 0.389 e. The SMILES string of the molecule is CCOCC(O)CN1CC(OC)C(OC)C1. The lowest BCUT2D eigenvalue weighted by atomic mass is 10.3. The van der Waals surface area contributed by atoms with Gasteiger partial charge in [-0.25, -0.2) is 0 Å². The van der Waals surface area contributed by atoms with Gasteiger partial charge in [0.15, 0.2) is 0 Å². The number of β-amino-alcohol motifs (C(OH)–C–C–N with tert-alkyl or cyclic N) is 1. The molecular weight excluding hydrogens is 210 g/mol. The van der Waals surface area contributed by atoms with Crippen molar-refractivity contribution < 1.29 is 19.3 Å². The van der Waals surface area contributed by atoms with Crippen molar-refractivity contribution in [2.45, 2.75) is 25.2 Å². The molecule has 1 heterocycles. The van der Waals surface area contributed by atoms with Crippen LogP contribution >= 0.6 is 0 Å². The number of hydrogen-bond donors (Lipinski definition) is 1. The minimum atomic E-state index is -0.437. The number of nitrogens with zero attached hydrogens (tertiary/aromatic N) is 1. The van der Waals surface area contributed by atoms with Crippen LogP contribution in [0.2, 0.25) is 0 Å². The van der Waals surface area contributed by atoms with Gasteiger partial charge < -0.3 is 19.3 Å². The summed E-state index contributed by atoms with van der Waals surface area (Å²) in [7, 11) is 3.38. The van der Waals surface area contributed by atoms with E-state index in [4.69, 9.17) is 14.2 Å². The lowest BCUT2D eigenvalue weighted by Crippen LogP contribution is -2.34. The van der Waals surface area contributed by atoms with Crippen LogP contribution in [0.1, 0.15) is 6.92 Å². The van der Waals surface area contributed by atoms with Crippen molar-refractivity contribution in [1.29, 1.82) is 0 Å². The second-order valence-corrected chi connectivity index (χ2v) is 4.08. The Morgan fingerprint density at radius 3 is 2.25 bits per heavy atom. The van der Waals surface area contributed by atoms with Crippen molar-refractivity contribution in [1.82, 2.24) is 4.90 Å². The molecule has 5 heteroatoms. The van der Waals surface area contributed by atoms with Gasteiger partial charge in [0.2, 0.25) is 0 Å². The zero-order valence-electron chi connectivity index (χ0n) is 10.4. The van der Waals surface area contributed by atoms with E-state index in [1.807, 2.05) is 6.92 Å². The van der Waals surface area contributed by atoms with Crippen LogP contribution in [0.4, 0.5) is 0 Å². The number of likely N-dealkylation sites (tertiary alicyclic amines) is 1. The highest BCUT2D eigenvalue weighted by molar-refractivity contribution is 4.86. The smallest absolute Gasteiger partial charge is 0.0971 e. The number of aliphatic hydroxyl groups is 1. The Kier molecular flexibility index (Phi) is 6.23. The maximum Gasteiger partial charge on any atom is 0.0971 e. The van der Waals surface area contributed by atoms with Gasteiger partial charge in [-0.15, -0.1) is 0 Å². The molecule has 0 saturated carbocycles. The summed E-state index contributed by atoms with van der Waals surface area (Å²) in [5.74, 6) is 0. The lowest BCUT2D eigenvalue weighted by molar-refractivity contribution is -0.00461. The third-order valence-corrected chi connectivity index (χ3v) is 2.88. The Balaban J connectivity index is 2.28. The first-order valence-corrected chi connectivity index (χ1v) is 5.75. The minimum Gasteiger partial charge on any atom is -0.389 e. The third-order valence-electron chi connectivity index (χ3n) is 2.88. The molecule has 3 atom stereocenters. The van der Waals surface area contributed by atoms with E-state index in [2.05, 4.69) is 4.90 Å². The van der Waals surface area contributed by atoms with Gasteiger partial charge in [-0.2, -0.15) is 0 Å². The van der Waals surface area contributed by atoms with Gasteiger partial charge in [0, 0.05) is 40.5 Å². The highest BCUT2D eigenvalue weighted by Gasteiger charge is 2.33. The molecule has 3 unspecified atom stereocenters. The van der Waals surface area contributed by atoms with Gasteiger partial charge in [0.1, 0.15) is 0 Å². The number of rotatable bonds is 7. The summed E-state index contributed by atoms with van der Waals surface area (Å²) in [5, 5.41) is 9.71. The minimum absolute atomic E-state index is 0.101. The van der Waals surface area contributed by atoms with Crippen molar-refractivity contribution in [3.63, 3.8) is 0 Å². The Bertz CT molecular complexity index is 179. The first-order chi connectivity index (χ1) is 7.71. The fraction of sp³-hybridized carbons (Fsp3) is 1.00. The summed E-state index contributed by atoms with van der Waals surface area (Å²) in [6, 6.07) is 0. The molecular formula is C11H23NO4. The summed E-state index contributed by atoms with van der Waals surface area (Å²) >= 11 is 0. The van der Waals surface area contributed by atoms with E-state index in [-0.39, 0.29) is 12.2 Å². The Hall–Kier alpha value is -0.200. The average Bonchev–Trinajstić information content (AvgIpc) is 2.68. The van der Waals surface area contributed by atoms with Crippen molar-refractivity contribution >= 4 is 0 Å². The van der Waals surface area contributed by atoms with E-state index in [0.29, 0.717) is 19.8 Å². The fourth-order valence-corrected chi connectivity index (χ4v) is 2.02. The van der Waals surface area contributed by atoms with Crippen LogP contribution in [-0.2, 0) is 14.2 Å². The first kappa shape index (κ1) is 13.9. The molecule has 1 saturated heterocycles. The van der Waals surface area contributed by atoms with Gasteiger partial charge >= 0.3 is 0 Å². The van der Waals surface area contributed by atoms with Gasteiger partial charge in [-0.3, -0.25) is 4.90 Å². The molecule has 1 aliphatic rings. The molecule has 16 heavy (non-hydrogen) atoms. The van der Waals surface area contributed by atoms with Crippen LogP contribution in [-0.4, -0.2) is 75.4 Å². The molecule has 0 aromatic rings. The van der Waals surface area contributed by atoms with Crippen LogP contribution < -0.4 is 0 Å². The van der Waals surface area contributed by atoms with Gasteiger partial charge in [-0.05, 0) is 6.92 Å². The monoisotopic (exact) mass is 233 g/mol. The molecule has 1 rings (SSSR count). The first-order valence-electron chi connectivity index (χ1n) is 5.75. The summed E-state index contributed by atoms with van der Waals surface area (Å²) in [6.07, 6.45) is -0.235. The normalized spacial score (nSPS) is 28.5. The molecule has 1 aliphatic heterocycles. The Morgan fingerprint density at radius 2 is 1.81 bits per heavy atom. The molecule has 0 amide bonds. The lowest BCUT2D eigenvalue weighted by Gasteiger charge is -2.19. The third kappa shape index (κ3) is 3.99. The van der Waals surface area contributed by atoms with E-state index < -0.39 is 6.10 Å². The van der Waals surface area contributed by atoms with Gasteiger partial charge in [0.25, 0.3) is 0 Å². The van der Waals surface area contributed by atoms with Crippen molar-refractivity contribution in [2.24, 2.45) is 0 Å². The molecule has 96 valence electrons. The van der Waals surface area contributed by atoms with Crippen LogP contribution in [0.5, 0.6) is 0 Å². The van der Waals surface area contributed by atoms with E-state index in [1.165, 1.54) is 0 Å². The van der Waals surface area contributed by atoms with Crippen molar-refractivity contribution in [2.75, 3.05) is 47.1 Å². The zero-order valence-corrected chi connectivity index (χ0v) is 10.4. The molecule has 0 radical (unpaired) electrons. The second-order valence-electron chi connectivity index (χ2n) is 4.08. The summed E-state index contributed by atoms with van der Waals surface area (Å²) in [5.41, 5.74) is 0. The molecule has 1 N–H and O–H groups in total. The quantitative estimate of drug-likeness (QED) is 0.656. The van der Waals surface area contributed by atoms with Crippen LogP contribution in [0.25, 0.3) is 0 Å². The molecule has 5 nitrogen and oxygen atoms in total. The topological polar surface area (TPSA) is 51.2 Å². The fourth-order valence-electron chi connectivity index (χ4n) is 2.02. The van der Waals surface area contributed by atoms with E-state index in [1.54, 1.807) is 14.2 Å². The van der Waals surface area contributed by atoms with Crippen LogP contribution in [0, 0.1) is 0 Å². The van der Waals surface area contributed by atoms with Crippen LogP contribution in [0.15, 0.2) is 0 Å². The Morgan fingerprint density at radius 1 is 1.25 bits per heavy atom. The zero-order chi connectivity index (χ0) is 12.0. The maximum absolute atomic E-state index is 9.71. The van der Waals surface area contributed by atoms with Crippen LogP contribution in [0.3, 0.4) is 0 Å². The summed E-state index contributed by atoms with van der Waals surface area (Å²) in [6.45, 7) is 5.17. The van der Waals surface area contributed by atoms with E-state index in [9.17, 15) is 5.11 Å². The molecule has 0 aromatic heterocycles. The summed E-state index contributed by atoms with van der Waals surface area (Å²) in [4.78, 5) is 2.14. The summed E-state index contributed by atoms with van der Waals surface area (Å²) < 4.78 is 15.8. The number of hydrogen-bond acceptors (Lipinski definition) is 5. The Labute approximate surface area is 97.3 Å². The maximum atomic E-state index is 9.71. The van der Waals surface area contributed by atoms with Gasteiger partial charge in [-0.1, -0.05) is 0 Å². The predicted octanol–water partition coefficient (Wildman–Crippen LogP) is -0.271. The highest BCUT2D eigenvalue weighted by atomic mass is 16.5. The molecule has 0 spiro atoms. The van der Waals surface area contributed by atoms with E-state index in [0.717, 1.165) is 13.1 Å². The average molecular weight is 233 g/mol. The molecule has 0 aliphatic carbocycles. The van der Waals surface area contributed by atoms with Crippen molar-refractivity contribution in [3.05, 3.63) is 0 Å². The number of ether oxygens (including phenoxy) is 3. The number of aliphatic hydroxyl groups excluding tert-OH is 1. The predicted molar refractivity (Wildman–Crippen MR) is 60.5 cm³/mol. The van der Waals surface area contributed by atoms with E-state index >= 15 is 0 Å². The molecule has 0 aromatic carbocycles. The van der Waals surface area contributed by atoms with Crippen molar-refractivity contribution in [3.8, 4) is 0 Å². The molecule has 0 bridgehead atoms. The van der Waals surface area contributed by atoms with Gasteiger partial charge in [0.05, 0.1) is 24.9 Å². The molecule has 1 fully saturated rings. The number of methoxy groups -OCH3 is 2. The highest BCUT2D eigenvalue weighted by Crippen LogP contribution is 2.15. The second kappa shape index (κ2) is 7.19.